The van der Waals surface area contributed by atoms with E-state index in [0.29, 0.717) is 5.92 Å². The zero-order chi connectivity index (χ0) is 8.43. The summed E-state index contributed by atoms with van der Waals surface area (Å²) in [5.74, 6) is 0.416. The molecule has 1 unspecified atom stereocenters. The quantitative estimate of drug-likeness (QED) is 0.651. The second-order valence-corrected chi connectivity index (χ2v) is 3.06. The van der Waals surface area contributed by atoms with Gasteiger partial charge in [-0.25, -0.2) is 0 Å². The Morgan fingerprint density at radius 1 is 1.45 bits per heavy atom. The molecule has 0 saturated heterocycles. The van der Waals surface area contributed by atoms with Gasteiger partial charge >= 0.3 is 0 Å². The maximum Gasteiger partial charge on any atom is 0.282 e. The molecule has 0 aliphatic carbocycles. The molecule has 1 aromatic heterocycles. The Balaban J connectivity index is 2.93. The number of hydrogen-bond donors (Lipinski definition) is 0. The highest BCUT2D eigenvalue weighted by molar-refractivity contribution is 4.79. The van der Waals surface area contributed by atoms with Crippen molar-refractivity contribution in [3.63, 3.8) is 0 Å². The van der Waals surface area contributed by atoms with Gasteiger partial charge in [-0.15, -0.1) is 0 Å². The Labute approximate surface area is 65.6 Å². The van der Waals surface area contributed by atoms with Gasteiger partial charge in [0.2, 0.25) is 0 Å². The summed E-state index contributed by atoms with van der Waals surface area (Å²) in [6.45, 7) is 6.08. The summed E-state index contributed by atoms with van der Waals surface area (Å²) in [5, 5.41) is 0. The monoisotopic (exact) mass is 155 g/mol. The van der Waals surface area contributed by atoms with Gasteiger partial charge in [-0.1, -0.05) is 13.8 Å². The van der Waals surface area contributed by atoms with Crippen molar-refractivity contribution >= 4 is 0 Å². The third-order valence-electron chi connectivity index (χ3n) is 1.94. The summed E-state index contributed by atoms with van der Waals surface area (Å²) < 4.78 is 6.39. The zero-order valence-electron chi connectivity index (χ0n) is 7.07. The van der Waals surface area contributed by atoms with Crippen molar-refractivity contribution in [1.82, 2.24) is 4.74 Å². The van der Waals surface area contributed by atoms with Crippen LogP contribution in [0.25, 0.3) is 0 Å². The van der Waals surface area contributed by atoms with E-state index in [-0.39, 0.29) is 11.6 Å². The lowest BCUT2D eigenvalue weighted by atomic mass is 10.1. The van der Waals surface area contributed by atoms with Crippen molar-refractivity contribution in [3.05, 3.63) is 22.7 Å². The highest BCUT2D eigenvalue weighted by Crippen LogP contribution is 2.13. The Morgan fingerprint density at radius 3 is 2.45 bits per heavy atom. The van der Waals surface area contributed by atoms with Gasteiger partial charge < -0.3 is 4.52 Å². The summed E-state index contributed by atoms with van der Waals surface area (Å²) in [7, 11) is 0. The van der Waals surface area contributed by atoms with Crippen molar-refractivity contribution in [2.45, 2.75) is 26.8 Å². The van der Waals surface area contributed by atoms with E-state index in [9.17, 15) is 4.79 Å². The molecule has 0 fully saturated rings. The van der Waals surface area contributed by atoms with Crippen LogP contribution in [-0.2, 0) is 0 Å². The topological polar surface area (TPSA) is 35.1 Å². The summed E-state index contributed by atoms with van der Waals surface area (Å²) in [6.07, 6.45) is 1.42. The van der Waals surface area contributed by atoms with E-state index in [2.05, 4.69) is 13.8 Å². The van der Waals surface area contributed by atoms with E-state index >= 15 is 0 Å². The number of aromatic nitrogens is 1. The molecule has 0 radical (unpaired) electrons. The van der Waals surface area contributed by atoms with E-state index in [0.717, 1.165) is 0 Å². The highest BCUT2D eigenvalue weighted by atomic mass is 16.5. The van der Waals surface area contributed by atoms with Crippen molar-refractivity contribution in [2.24, 2.45) is 5.92 Å². The van der Waals surface area contributed by atoms with Gasteiger partial charge in [-0.05, 0) is 12.8 Å². The minimum atomic E-state index is -0.0637. The van der Waals surface area contributed by atoms with Crippen LogP contribution in [0.3, 0.4) is 0 Å². The van der Waals surface area contributed by atoms with E-state index in [1.54, 1.807) is 0 Å². The van der Waals surface area contributed by atoms with Gasteiger partial charge in [0.05, 0.1) is 6.04 Å². The van der Waals surface area contributed by atoms with Crippen LogP contribution in [0.15, 0.2) is 21.6 Å². The van der Waals surface area contributed by atoms with Crippen LogP contribution >= 0.6 is 0 Å². The Hall–Kier alpha value is -0.990. The highest BCUT2D eigenvalue weighted by Gasteiger charge is 2.12. The van der Waals surface area contributed by atoms with Crippen LogP contribution in [0.2, 0.25) is 0 Å². The molecule has 0 saturated carbocycles. The van der Waals surface area contributed by atoms with Gasteiger partial charge in [0.15, 0.2) is 0 Å². The fraction of sp³-hybridized carbons (Fsp3) is 0.625. The van der Waals surface area contributed by atoms with Crippen LogP contribution < -0.4 is 5.56 Å². The molecule has 1 aromatic rings. The Morgan fingerprint density at radius 2 is 2.09 bits per heavy atom. The van der Waals surface area contributed by atoms with Crippen LogP contribution in [0.4, 0.5) is 0 Å². The van der Waals surface area contributed by atoms with Crippen molar-refractivity contribution in [3.8, 4) is 0 Å². The summed E-state index contributed by atoms with van der Waals surface area (Å²) in [6, 6.07) is 1.57. The largest absolute Gasteiger partial charge is 0.384 e. The molecule has 0 N–H and O–H groups in total. The van der Waals surface area contributed by atoms with Crippen LogP contribution in [0.1, 0.15) is 26.8 Å². The van der Waals surface area contributed by atoms with E-state index in [4.69, 9.17) is 4.52 Å². The second-order valence-electron chi connectivity index (χ2n) is 3.06. The average molecular weight is 155 g/mol. The average Bonchev–Trinajstić information content (AvgIpc) is 2.33. The van der Waals surface area contributed by atoms with Gasteiger partial charge in [-0.2, -0.15) is 4.74 Å². The molecule has 0 spiro atoms. The van der Waals surface area contributed by atoms with Gasteiger partial charge in [0, 0.05) is 6.07 Å². The molecule has 3 heteroatoms. The number of hydrogen-bond acceptors (Lipinski definition) is 2. The van der Waals surface area contributed by atoms with E-state index in [1.807, 2.05) is 6.92 Å². The Bertz CT molecular complexity index is 272. The predicted octanol–water partition coefficient (Wildman–Crippen LogP) is 1.66. The maximum absolute atomic E-state index is 11.0. The maximum atomic E-state index is 11.0. The van der Waals surface area contributed by atoms with Crippen LogP contribution in [0, 0.1) is 5.92 Å². The molecule has 3 nitrogen and oxygen atoms in total. The van der Waals surface area contributed by atoms with E-state index in [1.165, 1.54) is 17.1 Å². The molecule has 0 bridgehead atoms. The molecule has 0 aliphatic rings. The SMILES string of the molecule is CC(C)C(C)n1occc1=O. The van der Waals surface area contributed by atoms with Gasteiger partial charge in [-0.3, -0.25) is 4.79 Å². The molecule has 1 rings (SSSR count). The van der Waals surface area contributed by atoms with E-state index < -0.39 is 0 Å². The fourth-order valence-corrected chi connectivity index (χ4v) is 0.847. The Kier molecular flexibility index (Phi) is 2.17. The first-order chi connectivity index (χ1) is 5.13. The van der Waals surface area contributed by atoms with Crippen LogP contribution in [-0.4, -0.2) is 4.74 Å². The molecular formula is C8H13NO2. The predicted molar refractivity (Wildman–Crippen MR) is 42.5 cm³/mol. The minimum Gasteiger partial charge on any atom is -0.384 e. The summed E-state index contributed by atoms with van der Waals surface area (Å²) >= 11 is 0. The molecule has 1 atom stereocenters. The van der Waals surface area contributed by atoms with Gasteiger partial charge in [0.25, 0.3) is 5.56 Å². The molecule has 0 aliphatic heterocycles. The molecular weight excluding hydrogens is 142 g/mol. The lowest BCUT2D eigenvalue weighted by molar-refractivity contribution is 0.186. The van der Waals surface area contributed by atoms with Crippen LogP contribution in [0.5, 0.6) is 0 Å². The lowest BCUT2D eigenvalue weighted by Gasteiger charge is -2.13. The third kappa shape index (κ3) is 1.53. The first-order valence-corrected chi connectivity index (χ1v) is 3.79. The molecule has 11 heavy (non-hydrogen) atoms. The first kappa shape index (κ1) is 8.11. The smallest absolute Gasteiger partial charge is 0.282 e. The summed E-state index contributed by atoms with van der Waals surface area (Å²) in [5.41, 5.74) is -0.0637. The minimum absolute atomic E-state index is 0.0637. The fourth-order valence-electron chi connectivity index (χ4n) is 0.847. The number of nitrogens with zero attached hydrogens (tertiary/aromatic N) is 1. The zero-order valence-corrected chi connectivity index (χ0v) is 7.07. The van der Waals surface area contributed by atoms with Crippen molar-refractivity contribution in [1.29, 1.82) is 0 Å². The van der Waals surface area contributed by atoms with Gasteiger partial charge in [0.1, 0.15) is 6.26 Å². The molecule has 0 amide bonds. The second kappa shape index (κ2) is 2.95. The first-order valence-electron chi connectivity index (χ1n) is 3.79. The molecule has 0 aromatic carbocycles. The number of rotatable bonds is 2. The van der Waals surface area contributed by atoms with Crippen molar-refractivity contribution in [2.75, 3.05) is 0 Å². The molecule has 1 heterocycles. The van der Waals surface area contributed by atoms with Crippen molar-refractivity contribution < 1.29 is 4.52 Å². The molecule has 62 valence electrons. The standard InChI is InChI=1S/C8H13NO2/c1-6(2)7(3)9-8(10)4-5-11-9/h4-7H,1-3H3. The lowest BCUT2D eigenvalue weighted by Crippen LogP contribution is -2.21. The third-order valence-corrected chi connectivity index (χ3v) is 1.94. The summed E-state index contributed by atoms with van der Waals surface area (Å²) in [4.78, 5) is 11.0. The normalized spacial score (nSPS) is 13.8.